The maximum atomic E-state index is 13.5. The molecule has 232 valence electrons. The van der Waals surface area contributed by atoms with Crippen LogP contribution in [-0.2, 0) is 14.4 Å². The zero-order chi connectivity index (χ0) is 32.3. The Morgan fingerprint density at radius 1 is 0.891 bits per heavy atom. The molecule has 46 heavy (non-hydrogen) atoms. The second-order valence-corrected chi connectivity index (χ2v) is 11.0. The highest BCUT2D eigenvalue weighted by Crippen LogP contribution is 2.24. The third-order valence-corrected chi connectivity index (χ3v) is 7.56. The summed E-state index contributed by atoms with van der Waals surface area (Å²) in [4.78, 5) is 52.3. The van der Waals surface area contributed by atoms with Gasteiger partial charge in [-0.15, -0.1) is 11.8 Å². The molecule has 0 fully saturated rings. The number of hydrogen-bond donors (Lipinski definition) is 3. The lowest BCUT2D eigenvalue weighted by atomic mass is 10.1. The van der Waals surface area contributed by atoms with Crippen LogP contribution in [-0.4, -0.2) is 41.8 Å². The van der Waals surface area contributed by atoms with Crippen molar-refractivity contribution in [1.29, 1.82) is 0 Å². The van der Waals surface area contributed by atoms with Gasteiger partial charge >= 0.3 is 0 Å². The minimum atomic E-state index is -0.539. The molecule has 0 saturated heterocycles. The van der Waals surface area contributed by atoms with E-state index in [4.69, 9.17) is 4.74 Å². The quantitative estimate of drug-likeness (QED) is 0.149. The molecule has 4 amide bonds. The summed E-state index contributed by atoms with van der Waals surface area (Å²) in [6.07, 6.45) is 1.57. The van der Waals surface area contributed by atoms with E-state index < -0.39 is 11.8 Å². The van der Waals surface area contributed by atoms with Gasteiger partial charge in [0.1, 0.15) is 17.3 Å². The molecule has 0 bridgehead atoms. The van der Waals surface area contributed by atoms with Gasteiger partial charge in [0, 0.05) is 21.7 Å². The second kappa shape index (κ2) is 15.4. The SMILES string of the molecule is CCOc1ccccc1/C=C(/NC(=O)c1ccccc1)C(=O)Nc1cccc(SCC(=O)NC2=NN(c3ccccc3)C(=O)C2)c1. The van der Waals surface area contributed by atoms with Crippen molar-refractivity contribution in [2.24, 2.45) is 5.10 Å². The normalized spacial score (nSPS) is 12.7. The molecule has 1 aliphatic rings. The number of hydrazone groups is 1. The molecule has 0 aliphatic carbocycles. The number of para-hydroxylation sites is 2. The summed E-state index contributed by atoms with van der Waals surface area (Å²) in [5.41, 5.74) is 2.14. The first-order valence-corrected chi connectivity index (χ1v) is 15.5. The second-order valence-electron chi connectivity index (χ2n) is 9.93. The number of ether oxygens (including phenoxy) is 1. The number of amides is 4. The molecule has 3 N–H and O–H groups in total. The molecule has 0 spiro atoms. The number of carbonyl (C=O) groups is 4. The summed E-state index contributed by atoms with van der Waals surface area (Å²) >= 11 is 1.26. The first kappa shape index (κ1) is 31.7. The molecule has 0 aromatic heterocycles. The van der Waals surface area contributed by atoms with Gasteiger partial charge in [-0.2, -0.15) is 10.1 Å². The molecule has 0 unspecified atom stereocenters. The fourth-order valence-corrected chi connectivity index (χ4v) is 5.22. The summed E-state index contributed by atoms with van der Waals surface area (Å²) in [7, 11) is 0. The van der Waals surface area contributed by atoms with Crippen molar-refractivity contribution in [2.75, 3.05) is 22.7 Å². The van der Waals surface area contributed by atoms with Gasteiger partial charge in [-0.1, -0.05) is 60.7 Å². The lowest BCUT2D eigenvalue weighted by Crippen LogP contribution is -2.31. The largest absolute Gasteiger partial charge is 0.493 e. The maximum absolute atomic E-state index is 13.5. The van der Waals surface area contributed by atoms with E-state index in [1.165, 1.54) is 16.8 Å². The van der Waals surface area contributed by atoms with E-state index in [2.05, 4.69) is 21.1 Å². The Morgan fingerprint density at radius 3 is 2.37 bits per heavy atom. The smallest absolute Gasteiger partial charge is 0.272 e. The molecule has 4 aromatic rings. The van der Waals surface area contributed by atoms with Gasteiger partial charge in [0.15, 0.2) is 0 Å². The van der Waals surface area contributed by atoms with Crippen molar-refractivity contribution in [2.45, 2.75) is 18.2 Å². The van der Waals surface area contributed by atoms with Gasteiger partial charge in [-0.05, 0) is 61.5 Å². The highest BCUT2D eigenvalue weighted by molar-refractivity contribution is 8.00. The van der Waals surface area contributed by atoms with Crippen LogP contribution in [0.1, 0.15) is 29.3 Å². The summed E-state index contributed by atoms with van der Waals surface area (Å²) in [5.74, 6) is -0.614. The van der Waals surface area contributed by atoms with E-state index in [1.807, 2.05) is 31.2 Å². The van der Waals surface area contributed by atoms with Crippen LogP contribution >= 0.6 is 11.8 Å². The first-order chi connectivity index (χ1) is 22.4. The highest BCUT2D eigenvalue weighted by Gasteiger charge is 2.26. The Kier molecular flexibility index (Phi) is 10.6. The standard InChI is InChI=1S/C35H31N5O5S/c1-2-45-30-19-10-9-14-25(30)20-29(37-34(43)24-12-5-3-6-13-24)35(44)36-26-15-11-18-28(21-26)46-23-32(41)38-31-22-33(42)40(39-31)27-16-7-4-8-17-27/h3-21H,2,22-23H2,1H3,(H,36,44)(H,37,43)(H,38,39,41)/b29-20+. The van der Waals surface area contributed by atoms with Crippen LogP contribution < -0.4 is 25.7 Å². The van der Waals surface area contributed by atoms with Gasteiger partial charge in [-0.3, -0.25) is 19.2 Å². The summed E-state index contributed by atoms with van der Waals surface area (Å²) < 4.78 is 5.71. The van der Waals surface area contributed by atoms with Crippen molar-refractivity contribution in [3.05, 3.63) is 126 Å². The Balaban J connectivity index is 1.25. The van der Waals surface area contributed by atoms with E-state index >= 15 is 0 Å². The molecular formula is C35H31N5O5S. The van der Waals surface area contributed by atoms with Crippen LogP contribution in [0, 0.1) is 0 Å². The highest BCUT2D eigenvalue weighted by atomic mass is 32.2. The Bertz CT molecular complexity index is 1790. The Hall–Kier alpha value is -5.68. The van der Waals surface area contributed by atoms with E-state index in [0.29, 0.717) is 34.9 Å². The molecule has 0 atom stereocenters. The van der Waals surface area contributed by atoms with E-state index in [9.17, 15) is 19.2 Å². The third kappa shape index (κ3) is 8.48. The zero-order valence-electron chi connectivity index (χ0n) is 24.9. The fourth-order valence-electron chi connectivity index (χ4n) is 4.46. The number of rotatable bonds is 11. The summed E-state index contributed by atoms with van der Waals surface area (Å²) in [5, 5.41) is 13.8. The van der Waals surface area contributed by atoms with Crippen molar-refractivity contribution >= 4 is 58.7 Å². The first-order valence-electron chi connectivity index (χ1n) is 14.5. The average Bonchev–Trinajstić information content (AvgIpc) is 3.44. The molecular weight excluding hydrogens is 602 g/mol. The molecule has 1 heterocycles. The Morgan fingerprint density at radius 2 is 1.61 bits per heavy atom. The Labute approximate surface area is 270 Å². The molecule has 0 saturated carbocycles. The maximum Gasteiger partial charge on any atom is 0.272 e. The average molecular weight is 634 g/mol. The number of anilines is 2. The lowest BCUT2D eigenvalue weighted by Gasteiger charge is -2.13. The van der Waals surface area contributed by atoms with Crippen molar-refractivity contribution in [3.8, 4) is 5.75 Å². The van der Waals surface area contributed by atoms with Crippen LogP contribution in [0.3, 0.4) is 0 Å². The number of benzene rings is 4. The minimum absolute atomic E-state index is 0.00146. The van der Waals surface area contributed by atoms with E-state index in [0.717, 1.165) is 4.90 Å². The van der Waals surface area contributed by atoms with Gasteiger partial charge in [0.25, 0.3) is 17.7 Å². The van der Waals surface area contributed by atoms with Crippen LogP contribution in [0.15, 0.2) is 125 Å². The van der Waals surface area contributed by atoms with Crippen LogP contribution in [0.2, 0.25) is 0 Å². The van der Waals surface area contributed by atoms with Crippen molar-refractivity contribution in [3.63, 3.8) is 0 Å². The van der Waals surface area contributed by atoms with Crippen molar-refractivity contribution in [1.82, 2.24) is 10.6 Å². The number of nitrogens with one attached hydrogen (secondary N) is 3. The molecule has 11 heteroatoms. The van der Waals surface area contributed by atoms with Gasteiger partial charge in [0.2, 0.25) is 5.91 Å². The summed E-state index contributed by atoms with van der Waals surface area (Å²) in [6, 6.07) is 31.8. The minimum Gasteiger partial charge on any atom is -0.493 e. The topological polar surface area (TPSA) is 129 Å². The van der Waals surface area contributed by atoms with E-state index in [1.54, 1.807) is 91.0 Å². The number of carbonyl (C=O) groups excluding carboxylic acids is 4. The predicted octanol–water partition coefficient (Wildman–Crippen LogP) is 5.45. The van der Waals surface area contributed by atoms with E-state index in [-0.39, 0.29) is 35.5 Å². The van der Waals surface area contributed by atoms with Gasteiger partial charge < -0.3 is 20.7 Å². The third-order valence-electron chi connectivity index (χ3n) is 6.57. The number of nitrogens with zero attached hydrogens (tertiary/aromatic N) is 2. The lowest BCUT2D eigenvalue weighted by molar-refractivity contribution is -0.117. The number of hydrogen-bond acceptors (Lipinski definition) is 7. The zero-order valence-corrected chi connectivity index (χ0v) is 25.8. The molecule has 1 aliphatic heterocycles. The van der Waals surface area contributed by atoms with Crippen LogP contribution in [0.4, 0.5) is 11.4 Å². The number of thioether (sulfide) groups is 1. The van der Waals surface area contributed by atoms with Gasteiger partial charge in [0.05, 0.1) is 24.5 Å². The fraction of sp³-hybridized carbons (Fsp3) is 0.114. The molecule has 4 aromatic carbocycles. The molecule has 0 radical (unpaired) electrons. The molecule has 5 rings (SSSR count). The monoisotopic (exact) mass is 633 g/mol. The predicted molar refractivity (Wildman–Crippen MR) is 179 cm³/mol. The molecule has 10 nitrogen and oxygen atoms in total. The van der Waals surface area contributed by atoms with Gasteiger partial charge in [-0.25, -0.2) is 0 Å². The summed E-state index contributed by atoms with van der Waals surface area (Å²) in [6.45, 7) is 2.30. The van der Waals surface area contributed by atoms with Crippen LogP contribution in [0.5, 0.6) is 5.75 Å². The van der Waals surface area contributed by atoms with Crippen molar-refractivity contribution < 1.29 is 23.9 Å². The number of amidine groups is 1. The van der Waals surface area contributed by atoms with Crippen LogP contribution in [0.25, 0.3) is 6.08 Å².